The first-order chi connectivity index (χ1) is 10.1. The molecule has 21 heavy (non-hydrogen) atoms. The van der Waals surface area contributed by atoms with Gasteiger partial charge in [0, 0.05) is 26.4 Å². The fraction of sp³-hybridized carbons (Fsp3) is 1.00. The number of hydrogen-bond donors (Lipinski definition) is 0. The molecule has 0 aromatic heterocycles. The third-order valence-electron chi connectivity index (χ3n) is 2.79. The average molecular weight is 322 g/mol. The van der Waals surface area contributed by atoms with Crippen molar-refractivity contribution in [1.29, 1.82) is 0 Å². The van der Waals surface area contributed by atoms with E-state index in [0.717, 1.165) is 39.5 Å². The second-order valence-electron chi connectivity index (χ2n) is 5.03. The van der Waals surface area contributed by atoms with Gasteiger partial charge in [-0.15, -0.1) is 0 Å². The van der Waals surface area contributed by atoms with Crippen LogP contribution in [0.3, 0.4) is 0 Å². The van der Waals surface area contributed by atoms with Crippen LogP contribution >= 0.6 is 0 Å². The van der Waals surface area contributed by atoms with Crippen molar-refractivity contribution >= 4 is 8.80 Å². The van der Waals surface area contributed by atoms with E-state index in [1.54, 1.807) is 0 Å². The molecule has 2 fully saturated rings. The molecule has 2 saturated heterocycles. The zero-order chi connectivity index (χ0) is 15.6. The standard InChI is InChI=1S/C8H20O3Si.C6H10O3/c1-5-8-11-12(4,9-6-2)10-7-3;1(5-3-8-5)7-2-6-4-9-6/h5-8H2,1-4H3;5-6H,1-4H2. The molecule has 2 heterocycles. The Kier molecular flexibility index (Phi) is 9.66. The quantitative estimate of drug-likeness (QED) is 0.427. The van der Waals surface area contributed by atoms with Crippen LogP contribution in [-0.4, -0.2) is 67.3 Å². The van der Waals surface area contributed by atoms with Crippen molar-refractivity contribution in [2.24, 2.45) is 0 Å². The Morgan fingerprint density at radius 3 is 1.71 bits per heavy atom. The van der Waals surface area contributed by atoms with Gasteiger partial charge < -0.3 is 27.5 Å². The van der Waals surface area contributed by atoms with Gasteiger partial charge in [-0.1, -0.05) is 6.92 Å². The summed E-state index contributed by atoms with van der Waals surface area (Å²) in [7, 11) is -2.27. The van der Waals surface area contributed by atoms with E-state index in [1.807, 2.05) is 20.4 Å². The van der Waals surface area contributed by atoms with Gasteiger partial charge >= 0.3 is 8.80 Å². The number of rotatable bonds is 11. The molecule has 7 heteroatoms. The predicted octanol–water partition coefficient (Wildman–Crippen LogP) is 1.86. The van der Waals surface area contributed by atoms with Crippen molar-refractivity contribution in [3.8, 4) is 0 Å². The van der Waals surface area contributed by atoms with Gasteiger partial charge in [0.2, 0.25) is 0 Å². The lowest BCUT2D eigenvalue weighted by Gasteiger charge is -2.24. The van der Waals surface area contributed by atoms with E-state index in [-0.39, 0.29) is 0 Å². The van der Waals surface area contributed by atoms with Crippen LogP contribution in [0.2, 0.25) is 6.55 Å². The Bertz CT molecular complexity index is 240. The fourth-order valence-corrected chi connectivity index (χ4v) is 3.47. The van der Waals surface area contributed by atoms with Gasteiger partial charge in [-0.3, -0.25) is 0 Å². The first-order valence-electron chi connectivity index (χ1n) is 7.86. The van der Waals surface area contributed by atoms with E-state index in [1.165, 1.54) is 0 Å². The van der Waals surface area contributed by atoms with Crippen molar-refractivity contribution in [2.75, 3.05) is 46.2 Å². The molecule has 6 nitrogen and oxygen atoms in total. The van der Waals surface area contributed by atoms with Gasteiger partial charge in [0.1, 0.15) is 12.2 Å². The lowest BCUT2D eigenvalue weighted by molar-refractivity contribution is 0.0740. The number of hydrogen-bond acceptors (Lipinski definition) is 6. The number of ether oxygens (including phenoxy) is 3. The maximum absolute atomic E-state index is 5.55. The summed E-state index contributed by atoms with van der Waals surface area (Å²) < 4.78 is 31.6. The Balaban J connectivity index is 0.000000216. The summed E-state index contributed by atoms with van der Waals surface area (Å²) in [6, 6.07) is 0. The Hall–Kier alpha value is -0.0231. The van der Waals surface area contributed by atoms with Gasteiger partial charge in [-0.25, -0.2) is 0 Å². The van der Waals surface area contributed by atoms with E-state index in [0.29, 0.717) is 25.4 Å². The minimum atomic E-state index is -2.27. The summed E-state index contributed by atoms with van der Waals surface area (Å²) in [6.07, 6.45) is 1.79. The highest BCUT2D eigenvalue weighted by atomic mass is 28.4. The highest BCUT2D eigenvalue weighted by Gasteiger charge is 2.33. The largest absolute Gasteiger partial charge is 0.497 e. The molecule has 0 amide bonds. The molecular weight excluding hydrogens is 292 g/mol. The maximum Gasteiger partial charge on any atom is 0.497 e. The summed E-state index contributed by atoms with van der Waals surface area (Å²) in [5.74, 6) is 0. The molecule has 2 unspecified atom stereocenters. The van der Waals surface area contributed by atoms with Crippen molar-refractivity contribution in [3.63, 3.8) is 0 Å². The van der Waals surface area contributed by atoms with Crippen molar-refractivity contribution in [2.45, 2.75) is 45.9 Å². The fourth-order valence-electron chi connectivity index (χ4n) is 1.60. The van der Waals surface area contributed by atoms with Gasteiger partial charge in [0.15, 0.2) is 0 Å². The maximum atomic E-state index is 5.55. The van der Waals surface area contributed by atoms with Crippen molar-refractivity contribution < 1.29 is 27.5 Å². The molecule has 0 aromatic rings. The third-order valence-corrected chi connectivity index (χ3v) is 5.15. The van der Waals surface area contributed by atoms with Gasteiger partial charge in [-0.2, -0.15) is 0 Å². The van der Waals surface area contributed by atoms with E-state index in [4.69, 9.17) is 27.5 Å². The molecule has 0 spiro atoms. The lowest BCUT2D eigenvalue weighted by Crippen LogP contribution is -2.42. The Morgan fingerprint density at radius 2 is 1.38 bits per heavy atom. The highest BCUT2D eigenvalue weighted by Crippen LogP contribution is 2.12. The highest BCUT2D eigenvalue weighted by molar-refractivity contribution is 6.59. The van der Waals surface area contributed by atoms with Crippen LogP contribution in [0.5, 0.6) is 0 Å². The van der Waals surface area contributed by atoms with Crippen LogP contribution in [-0.2, 0) is 27.5 Å². The zero-order valence-corrected chi connectivity index (χ0v) is 14.8. The summed E-state index contributed by atoms with van der Waals surface area (Å²) in [5.41, 5.74) is 0. The van der Waals surface area contributed by atoms with E-state index in [2.05, 4.69) is 6.92 Å². The smallest absolute Gasteiger partial charge is 0.376 e. The average Bonchev–Trinajstić information content (AvgIpc) is 3.32. The molecule has 0 saturated carbocycles. The molecular formula is C14H30O6Si. The first-order valence-corrected chi connectivity index (χ1v) is 10.1. The van der Waals surface area contributed by atoms with Crippen LogP contribution in [0.25, 0.3) is 0 Å². The molecule has 2 aliphatic rings. The van der Waals surface area contributed by atoms with Crippen LogP contribution in [0.4, 0.5) is 0 Å². The molecule has 2 rings (SSSR count). The van der Waals surface area contributed by atoms with Crippen LogP contribution in [0, 0.1) is 0 Å². The molecule has 126 valence electrons. The van der Waals surface area contributed by atoms with Crippen molar-refractivity contribution in [1.82, 2.24) is 0 Å². The summed E-state index contributed by atoms with van der Waals surface area (Å²) >= 11 is 0. The van der Waals surface area contributed by atoms with E-state index in [9.17, 15) is 0 Å². The van der Waals surface area contributed by atoms with Crippen molar-refractivity contribution in [3.05, 3.63) is 0 Å². The molecule has 2 atom stereocenters. The summed E-state index contributed by atoms with van der Waals surface area (Å²) in [4.78, 5) is 0. The minimum absolute atomic E-state index is 0.392. The summed E-state index contributed by atoms with van der Waals surface area (Å²) in [6.45, 7) is 13.2. The molecule has 2 aliphatic heterocycles. The normalized spacial score (nSPS) is 23.4. The Labute approximate surface area is 129 Å². The van der Waals surface area contributed by atoms with Crippen LogP contribution in [0.15, 0.2) is 0 Å². The predicted molar refractivity (Wildman–Crippen MR) is 81.4 cm³/mol. The minimum Gasteiger partial charge on any atom is -0.376 e. The lowest BCUT2D eigenvalue weighted by atomic mass is 10.5. The first kappa shape index (κ1) is 19.0. The summed E-state index contributed by atoms with van der Waals surface area (Å²) in [5, 5.41) is 0. The SMILES string of the molecule is C(OCC1CO1)C1CO1.CCCO[Si](C)(OCC)OCC. The van der Waals surface area contributed by atoms with E-state index >= 15 is 0 Å². The third kappa shape index (κ3) is 10.3. The topological polar surface area (TPSA) is 62.0 Å². The molecule has 0 bridgehead atoms. The van der Waals surface area contributed by atoms with Gasteiger partial charge in [0.05, 0.1) is 26.4 Å². The Morgan fingerprint density at radius 1 is 0.905 bits per heavy atom. The zero-order valence-electron chi connectivity index (χ0n) is 13.8. The second-order valence-corrected chi connectivity index (χ2v) is 7.62. The van der Waals surface area contributed by atoms with Gasteiger partial charge in [-0.05, 0) is 20.3 Å². The second kappa shape index (κ2) is 10.7. The molecule has 0 N–H and O–H groups in total. The van der Waals surface area contributed by atoms with Crippen LogP contribution < -0.4 is 0 Å². The molecule has 0 radical (unpaired) electrons. The monoisotopic (exact) mass is 322 g/mol. The molecule has 0 aromatic carbocycles. The van der Waals surface area contributed by atoms with Crippen LogP contribution in [0.1, 0.15) is 27.2 Å². The molecule has 0 aliphatic carbocycles. The number of epoxide rings is 2. The van der Waals surface area contributed by atoms with E-state index < -0.39 is 8.80 Å². The van der Waals surface area contributed by atoms with Gasteiger partial charge in [0.25, 0.3) is 0 Å².